The first-order chi connectivity index (χ1) is 16.5. The second kappa shape index (κ2) is 13.8. The van der Waals surface area contributed by atoms with Crippen molar-refractivity contribution in [3.05, 3.63) is 132 Å². The maximum Gasteiger partial charge on any atom is 2.00 e. The minimum absolute atomic E-state index is 0. The third-order valence-electron chi connectivity index (χ3n) is 4.26. The fraction of sp³-hybridized carbons (Fsp3) is 0. The molecule has 35 heavy (non-hydrogen) atoms. The quantitative estimate of drug-likeness (QED) is 0.231. The molecule has 4 N–H and O–H groups in total. The Hall–Kier alpha value is -4.60. The van der Waals surface area contributed by atoms with Gasteiger partial charge in [-0.3, -0.25) is 19.9 Å². The first-order valence-corrected chi connectivity index (χ1v) is 9.94. The van der Waals surface area contributed by atoms with Crippen molar-refractivity contribution < 1.29 is 17.1 Å². The molecule has 0 aromatic carbocycles. The molecule has 11 heteroatoms. The molecule has 0 saturated carbocycles. The van der Waals surface area contributed by atoms with E-state index in [0.717, 1.165) is 0 Å². The van der Waals surface area contributed by atoms with Crippen molar-refractivity contribution >= 4 is 23.3 Å². The average molecular weight is 512 g/mol. The van der Waals surface area contributed by atoms with Crippen LogP contribution in [0, 0.1) is 10.8 Å². The van der Waals surface area contributed by atoms with Gasteiger partial charge in [0.1, 0.15) is 0 Å². The van der Waals surface area contributed by atoms with Crippen molar-refractivity contribution in [2.75, 3.05) is 0 Å². The monoisotopic (exact) mass is 511 g/mol. The SMILES string of the molecule is N=C(N=C([NH-])c1ccncc1)c1ccncc1.N=C(N=C([NH-])c1ccncc1)c1ccncc1.[Cu+2]. The molecule has 0 aliphatic heterocycles. The van der Waals surface area contributed by atoms with E-state index < -0.39 is 0 Å². The molecule has 0 saturated heterocycles. The first-order valence-electron chi connectivity index (χ1n) is 9.94. The van der Waals surface area contributed by atoms with Gasteiger partial charge in [0.05, 0.1) is 0 Å². The number of aromatic nitrogens is 4. The van der Waals surface area contributed by atoms with Crippen LogP contribution in [0.2, 0.25) is 0 Å². The molecule has 0 atom stereocenters. The maximum atomic E-state index is 7.76. The third-order valence-corrected chi connectivity index (χ3v) is 4.26. The molecule has 0 spiro atoms. The number of hydrogen-bond acceptors (Lipinski definition) is 6. The van der Waals surface area contributed by atoms with E-state index in [1.807, 2.05) is 0 Å². The predicted molar refractivity (Wildman–Crippen MR) is 132 cm³/mol. The zero-order valence-corrected chi connectivity index (χ0v) is 19.2. The number of nitrogens with zero attached hydrogens (tertiary/aromatic N) is 6. The molecule has 10 nitrogen and oxygen atoms in total. The van der Waals surface area contributed by atoms with Crippen molar-refractivity contribution in [3.8, 4) is 0 Å². The fourth-order valence-electron chi connectivity index (χ4n) is 2.52. The van der Waals surface area contributed by atoms with Crippen LogP contribution in [0.3, 0.4) is 0 Å². The number of rotatable bonds is 4. The molecule has 0 amide bonds. The van der Waals surface area contributed by atoms with Crippen LogP contribution in [0.25, 0.3) is 11.5 Å². The van der Waals surface area contributed by atoms with Gasteiger partial charge in [0.2, 0.25) is 0 Å². The predicted octanol–water partition coefficient (Wildman–Crippen LogP) is 4.60. The summed E-state index contributed by atoms with van der Waals surface area (Å²) in [5.41, 5.74) is 18.1. The van der Waals surface area contributed by atoms with Crippen LogP contribution in [0.1, 0.15) is 22.3 Å². The summed E-state index contributed by atoms with van der Waals surface area (Å²) in [5, 5.41) is 15.5. The van der Waals surface area contributed by atoms with Crippen LogP contribution in [0.4, 0.5) is 0 Å². The molecule has 0 fully saturated rings. The largest absolute Gasteiger partial charge is 2.00 e. The van der Waals surface area contributed by atoms with E-state index in [1.165, 1.54) is 0 Å². The molecular weight excluding hydrogens is 492 g/mol. The van der Waals surface area contributed by atoms with Gasteiger partial charge in [-0.25, -0.2) is 0 Å². The molecule has 0 bridgehead atoms. The number of hydrogen-bond donors (Lipinski definition) is 2. The van der Waals surface area contributed by atoms with Crippen molar-refractivity contribution in [1.82, 2.24) is 19.9 Å². The Kier molecular flexibility index (Phi) is 10.5. The minimum atomic E-state index is 0. The molecular formula is C24H20CuN10. The van der Waals surface area contributed by atoms with E-state index in [-0.39, 0.29) is 40.4 Å². The standard InChI is InChI=1S/2C12H10N5.Cu/c2*13-11(9-1-5-15-6-2-9)17-12(14)10-3-7-16-8-4-10;/h2*1-8H,(H2-,13,14,17);/q2*-1;+2. The Morgan fingerprint density at radius 3 is 0.971 bits per heavy atom. The van der Waals surface area contributed by atoms with E-state index in [9.17, 15) is 0 Å². The number of aliphatic imine (C=N–C) groups is 2. The zero-order valence-electron chi connectivity index (χ0n) is 18.2. The van der Waals surface area contributed by atoms with E-state index in [4.69, 9.17) is 22.3 Å². The summed E-state index contributed by atoms with van der Waals surface area (Å²) >= 11 is 0. The summed E-state index contributed by atoms with van der Waals surface area (Å²) in [6.07, 6.45) is 12.7. The van der Waals surface area contributed by atoms with Gasteiger partial charge < -0.3 is 32.3 Å². The second-order valence-electron chi connectivity index (χ2n) is 6.56. The molecule has 177 valence electrons. The van der Waals surface area contributed by atoms with E-state index in [0.29, 0.717) is 22.3 Å². The normalized spacial score (nSPS) is 10.9. The zero-order chi connectivity index (χ0) is 24.2. The van der Waals surface area contributed by atoms with Gasteiger partial charge in [0, 0.05) is 61.2 Å². The Morgan fingerprint density at radius 2 is 0.714 bits per heavy atom. The van der Waals surface area contributed by atoms with Gasteiger partial charge in [-0.15, -0.1) is 0 Å². The summed E-state index contributed by atoms with van der Waals surface area (Å²) in [7, 11) is 0. The molecule has 0 aliphatic rings. The van der Waals surface area contributed by atoms with Crippen molar-refractivity contribution in [1.29, 1.82) is 10.8 Å². The van der Waals surface area contributed by atoms with Crippen LogP contribution in [-0.4, -0.2) is 43.3 Å². The second-order valence-corrected chi connectivity index (χ2v) is 6.56. The van der Waals surface area contributed by atoms with Gasteiger partial charge in [-0.2, -0.15) is 0 Å². The minimum Gasteiger partial charge on any atom is -0.482 e. The Balaban J connectivity index is 0.000000240. The summed E-state index contributed by atoms with van der Waals surface area (Å²) in [4.78, 5) is 23.3. The van der Waals surface area contributed by atoms with E-state index in [1.54, 1.807) is 98.1 Å². The van der Waals surface area contributed by atoms with Crippen LogP contribution in [-0.2, 0) is 17.1 Å². The number of pyridine rings is 4. The Bertz CT molecular complexity index is 1180. The fourth-order valence-corrected chi connectivity index (χ4v) is 2.52. The van der Waals surface area contributed by atoms with E-state index >= 15 is 0 Å². The molecule has 4 aromatic heterocycles. The smallest absolute Gasteiger partial charge is 0.482 e. The van der Waals surface area contributed by atoms with Gasteiger partial charge in [0.25, 0.3) is 0 Å². The molecule has 0 aliphatic carbocycles. The molecule has 4 rings (SSSR count). The van der Waals surface area contributed by atoms with Crippen molar-refractivity contribution in [2.24, 2.45) is 9.98 Å². The van der Waals surface area contributed by atoms with Crippen LogP contribution >= 0.6 is 0 Å². The van der Waals surface area contributed by atoms with Gasteiger partial charge in [-0.05, 0) is 70.8 Å². The summed E-state index contributed by atoms with van der Waals surface area (Å²) in [5.74, 6) is 0.201. The van der Waals surface area contributed by atoms with Crippen LogP contribution in [0.15, 0.2) is 108 Å². The Labute approximate surface area is 212 Å². The maximum absolute atomic E-state index is 7.76. The number of nitrogens with one attached hydrogen (secondary N) is 4. The van der Waals surface area contributed by atoms with Crippen LogP contribution in [0.5, 0.6) is 0 Å². The first kappa shape index (κ1) is 26.7. The van der Waals surface area contributed by atoms with Gasteiger partial charge in [-0.1, -0.05) is 11.7 Å². The Morgan fingerprint density at radius 1 is 0.486 bits per heavy atom. The van der Waals surface area contributed by atoms with Gasteiger partial charge >= 0.3 is 17.1 Å². The van der Waals surface area contributed by atoms with Gasteiger partial charge in [0.15, 0.2) is 0 Å². The summed E-state index contributed by atoms with van der Waals surface area (Å²) in [6, 6.07) is 13.5. The van der Waals surface area contributed by atoms with Crippen LogP contribution < -0.4 is 0 Å². The van der Waals surface area contributed by atoms with Crippen molar-refractivity contribution in [3.63, 3.8) is 0 Å². The molecule has 4 aromatic rings. The molecule has 0 unspecified atom stereocenters. The third kappa shape index (κ3) is 8.35. The average Bonchev–Trinajstić information content (AvgIpc) is 2.91. The van der Waals surface area contributed by atoms with E-state index in [2.05, 4.69) is 29.9 Å². The molecule has 1 radical (unpaired) electrons. The topological polar surface area (TPSA) is 172 Å². The number of amidine groups is 4. The summed E-state index contributed by atoms with van der Waals surface area (Å²) < 4.78 is 0. The molecule has 4 heterocycles. The summed E-state index contributed by atoms with van der Waals surface area (Å²) in [6.45, 7) is 0. The van der Waals surface area contributed by atoms with Crippen molar-refractivity contribution in [2.45, 2.75) is 0 Å².